The lowest BCUT2D eigenvalue weighted by Crippen LogP contribution is -2.44. The second-order valence-electron chi connectivity index (χ2n) is 9.73. The molecule has 6 nitrogen and oxygen atoms in total. The van der Waals surface area contributed by atoms with Gasteiger partial charge in [0.2, 0.25) is 0 Å². The third-order valence-corrected chi connectivity index (χ3v) is 7.58. The molecule has 1 saturated heterocycles. The predicted octanol–water partition coefficient (Wildman–Crippen LogP) is 6.17. The first-order chi connectivity index (χ1) is 17.8. The van der Waals surface area contributed by atoms with Gasteiger partial charge in [0.25, 0.3) is 0 Å². The van der Waals surface area contributed by atoms with E-state index in [1.807, 2.05) is 30.7 Å². The van der Waals surface area contributed by atoms with Crippen molar-refractivity contribution in [2.24, 2.45) is 0 Å². The van der Waals surface area contributed by atoms with Crippen LogP contribution in [0.3, 0.4) is 0 Å². The van der Waals surface area contributed by atoms with E-state index in [9.17, 15) is 0 Å². The summed E-state index contributed by atoms with van der Waals surface area (Å²) in [7, 11) is 0. The molecule has 7 heteroatoms. The number of nitrogens with one attached hydrogen (secondary N) is 2. The van der Waals surface area contributed by atoms with E-state index in [2.05, 4.69) is 55.8 Å². The zero-order valence-corrected chi connectivity index (χ0v) is 21.1. The van der Waals surface area contributed by atoms with Crippen LogP contribution in [-0.4, -0.2) is 47.2 Å². The number of pyridine rings is 3. The normalized spacial score (nSPS) is 16.9. The van der Waals surface area contributed by atoms with Crippen molar-refractivity contribution in [1.29, 1.82) is 0 Å². The van der Waals surface area contributed by atoms with E-state index < -0.39 is 0 Å². The van der Waals surface area contributed by atoms with E-state index in [0.29, 0.717) is 6.04 Å². The van der Waals surface area contributed by atoms with Gasteiger partial charge in [0.15, 0.2) is 0 Å². The maximum atomic E-state index is 6.26. The molecule has 0 atom stereocenters. The summed E-state index contributed by atoms with van der Waals surface area (Å²) in [6.07, 6.45) is 12.0. The first-order valence-corrected chi connectivity index (χ1v) is 13.4. The van der Waals surface area contributed by atoms with Gasteiger partial charge in [-0.3, -0.25) is 4.98 Å². The molecule has 2 N–H and O–H groups in total. The third kappa shape index (κ3) is 4.75. The summed E-state index contributed by atoms with van der Waals surface area (Å²) in [6, 6.07) is 14.8. The quantitative estimate of drug-likeness (QED) is 0.343. The SMILES string of the molecule is Clc1ccc(-c2c(-c3ccnc(NC4CCCCC4)c3)nc(N3CCNCC3)c3ccncc23)cc1. The average Bonchev–Trinajstić information content (AvgIpc) is 2.94. The van der Waals surface area contributed by atoms with Gasteiger partial charge in [0.1, 0.15) is 11.6 Å². The highest BCUT2D eigenvalue weighted by molar-refractivity contribution is 6.30. The summed E-state index contributed by atoms with van der Waals surface area (Å²) in [5, 5.41) is 10.1. The third-order valence-electron chi connectivity index (χ3n) is 7.33. The van der Waals surface area contributed by atoms with Crippen LogP contribution in [0.15, 0.2) is 61.1 Å². The molecule has 4 heterocycles. The topological polar surface area (TPSA) is 66.0 Å². The van der Waals surface area contributed by atoms with Crippen LogP contribution >= 0.6 is 11.6 Å². The summed E-state index contributed by atoms with van der Waals surface area (Å²) in [6.45, 7) is 3.75. The number of hydrogen-bond donors (Lipinski definition) is 2. The van der Waals surface area contributed by atoms with Gasteiger partial charge in [-0.25, -0.2) is 9.97 Å². The maximum absolute atomic E-state index is 6.26. The van der Waals surface area contributed by atoms with Gasteiger partial charge in [-0.15, -0.1) is 0 Å². The number of fused-ring (bicyclic) bond motifs is 1. The van der Waals surface area contributed by atoms with Crippen LogP contribution in [0, 0.1) is 0 Å². The smallest absolute Gasteiger partial charge is 0.137 e. The number of aromatic nitrogens is 3. The number of rotatable bonds is 5. The van der Waals surface area contributed by atoms with Crippen molar-refractivity contribution in [2.75, 3.05) is 36.4 Å². The van der Waals surface area contributed by atoms with Gasteiger partial charge in [-0.1, -0.05) is 43.0 Å². The van der Waals surface area contributed by atoms with E-state index in [1.165, 1.54) is 32.1 Å². The summed E-state index contributed by atoms with van der Waals surface area (Å²) < 4.78 is 0. The number of halogens is 1. The van der Waals surface area contributed by atoms with Gasteiger partial charge in [-0.2, -0.15) is 0 Å². The Morgan fingerprint density at radius 3 is 2.50 bits per heavy atom. The van der Waals surface area contributed by atoms with Crippen LogP contribution < -0.4 is 15.5 Å². The first-order valence-electron chi connectivity index (χ1n) is 13.0. The molecule has 6 rings (SSSR count). The standard InChI is InChI=1S/C29H31ClN6/c30-22-8-6-20(7-9-22)27-25-19-32-12-11-24(25)29(36-16-14-31-15-17-36)35-28(27)21-10-13-33-26(18-21)34-23-4-2-1-3-5-23/h6-13,18-19,23,31H,1-5,14-17H2,(H,33,34). The van der Waals surface area contributed by atoms with Crippen LogP contribution in [0.2, 0.25) is 5.02 Å². The zero-order valence-electron chi connectivity index (χ0n) is 20.4. The van der Waals surface area contributed by atoms with Crippen LogP contribution in [0.4, 0.5) is 11.6 Å². The number of piperazine rings is 1. The Kier molecular flexibility index (Phi) is 6.71. The van der Waals surface area contributed by atoms with Gasteiger partial charge in [0, 0.05) is 77.7 Å². The van der Waals surface area contributed by atoms with Crippen LogP contribution in [-0.2, 0) is 0 Å². The van der Waals surface area contributed by atoms with E-state index in [1.54, 1.807) is 0 Å². The Balaban J connectivity index is 1.53. The highest BCUT2D eigenvalue weighted by Crippen LogP contribution is 2.41. The second-order valence-corrected chi connectivity index (χ2v) is 10.2. The molecule has 1 aliphatic heterocycles. The number of anilines is 2. The molecule has 2 aliphatic rings. The van der Waals surface area contributed by atoms with Crippen molar-refractivity contribution in [3.63, 3.8) is 0 Å². The fraction of sp³-hybridized carbons (Fsp3) is 0.345. The number of nitrogens with zero attached hydrogens (tertiary/aromatic N) is 4. The molecule has 1 saturated carbocycles. The minimum Gasteiger partial charge on any atom is -0.367 e. The lowest BCUT2D eigenvalue weighted by Gasteiger charge is -2.30. The molecular formula is C29H31ClN6. The Morgan fingerprint density at radius 2 is 1.69 bits per heavy atom. The summed E-state index contributed by atoms with van der Waals surface area (Å²) >= 11 is 6.26. The molecule has 0 unspecified atom stereocenters. The largest absolute Gasteiger partial charge is 0.367 e. The summed E-state index contributed by atoms with van der Waals surface area (Å²) in [5.74, 6) is 1.93. The highest BCUT2D eigenvalue weighted by atomic mass is 35.5. The molecule has 0 amide bonds. The Hall–Kier alpha value is -3.22. The van der Waals surface area contributed by atoms with E-state index in [0.717, 1.165) is 76.0 Å². The molecule has 2 fully saturated rings. The first kappa shape index (κ1) is 23.2. The van der Waals surface area contributed by atoms with Gasteiger partial charge >= 0.3 is 0 Å². The molecular weight excluding hydrogens is 468 g/mol. The molecule has 4 aromatic rings. The van der Waals surface area contributed by atoms with Crippen molar-refractivity contribution in [3.05, 3.63) is 66.1 Å². The monoisotopic (exact) mass is 498 g/mol. The summed E-state index contributed by atoms with van der Waals surface area (Å²) in [4.78, 5) is 16.9. The van der Waals surface area contributed by atoms with E-state index >= 15 is 0 Å². The van der Waals surface area contributed by atoms with Crippen molar-refractivity contribution in [3.8, 4) is 22.4 Å². The summed E-state index contributed by atoms with van der Waals surface area (Å²) in [5.41, 5.74) is 4.14. The number of hydrogen-bond acceptors (Lipinski definition) is 6. The molecule has 1 aromatic carbocycles. The maximum Gasteiger partial charge on any atom is 0.137 e. The lowest BCUT2D eigenvalue weighted by molar-refractivity contribution is 0.462. The Labute approximate surface area is 217 Å². The average molecular weight is 499 g/mol. The second kappa shape index (κ2) is 10.4. The van der Waals surface area contributed by atoms with Crippen LogP contribution in [0.1, 0.15) is 32.1 Å². The fourth-order valence-corrected chi connectivity index (χ4v) is 5.61. The van der Waals surface area contributed by atoms with Crippen LogP contribution in [0.5, 0.6) is 0 Å². The Bertz CT molecular complexity index is 1340. The minimum atomic E-state index is 0.488. The molecule has 0 radical (unpaired) electrons. The minimum absolute atomic E-state index is 0.488. The predicted molar refractivity (Wildman–Crippen MR) is 149 cm³/mol. The van der Waals surface area contributed by atoms with Crippen molar-refractivity contribution >= 4 is 34.0 Å². The lowest BCUT2D eigenvalue weighted by atomic mass is 9.94. The Morgan fingerprint density at radius 1 is 0.889 bits per heavy atom. The van der Waals surface area contributed by atoms with Gasteiger partial charge in [0.05, 0.1) is 5.69 Å². The van der Waals surface area contributed by atoms with Gasteiger partial charge in [-0.05, 0) is 48.7 Å². The zero-order chi connectivity index (χ0) is 24.3. The van der Waals surface area contributed by atoms with Crippen molar-refractivity contribution in [2.45, 2.75) is 38.1 Å². The van der Waals surface area contributed by atoms with Gasteiger partial charge < -0.3 is 15.5 Å². The van der Waals surface area contributed by atoms with Crippen molar-refractivity contribution in [1.82, 2.24) is 20.3 Å². The number of benzene rings is 1. The molecule has 36 heavy (non-hydrogen) atoms. The molecule has 0 spiro atoms. The molecule has 184 valence electrons. The van der Waals surface area contributed by atoms with Crippen LogP contribution in [0.25, 0.3) is 33.2 Å². The highest BCUT2D eigenvalue weighted by Gasteiger charge is 2.22. The van der Waals surface area contributed by atoms with E-state index in [4.69, 9.17) is 16.6 Å². The molecule has 0 bridgehead atoms. The molecule has 3 aromatic heterocycles. The van der Waals surface area contributed by atoms with E-state index in [-0.39, 0.29) is 0 Å². The van der Waals surface area contributed by atoms with Crippen molar-refractivity contribution < 1.29 is 0 Å². The fourth-order valence-electron chi connectivity index (χ4n) is 5.49. The molecule has 1 aliphatic carbocycles.